The predicted molar refractivity (Wildman–Crippen MR) is 99.5 cm³/mol. The molecule has 0 unspecified atom stereocenters. The Kier molecular flexibility index (Phi) is 3.86. The van der Waals surface area contributed by atoms with Crippen LogP contribution in [0.25, 0.3) is 0 Å². The topological polar surface area (TPSA) is 52.6 Å². The van der Waals surface area contributed by atoms with E-state index in [0.29, 0.717) is 12.1 Å². The Morgan fingerprint density at radius 3 is 2.56 bits per heavy atom. The van der Waals surface area contributed by atoms with Crippen LogP contribution in [0, 0.1) is 0 Å². The first-order valence-electron chi connectivity index (χ1n) is 8.22. The summed E-state index contributed by atoms with van der Waals surface area (Å²) in [6, 6.07) is 23.6. The van der Waals surface area contributed by atoms with Crippen LogP contribution in [0.5, 0.6) is 0 Å². The lowest BCUT2D eigenvalue weighted by Crippen LogP contribution is -2.21. The van der Waals surface area contributed by atoms with Gasteiger partial charge in [0.2, 0.25) is 0 Å². The fraction of sp³-hybridized carbons (Fsp3) is 0.0952. The van der Waals surface area contributed by atoms with E-state index in [0.717, 1.165) is 29.2 Å². The number of aromatic carboxylic acids is 1. The molecular formula is C21H18N2O2. The quantitative estimate of drug-likeness (QED) is 0.734. The molecule has 1 heterocycles. The molecular weight excluding hydrogens is 312 g/mol. The molecule has 0 aromatic heterocycles. The number of nitrogens with one attached hydrogen (secondary N) is 1. The highest BCUT2D eigenvalue weighted by molar-refractivity contribution is 5.87. The van der Waals surface area contributed by atoms with Gasteiger partial charge < -0.3 is 15.3 Å². The zero-order valence-corrected chi connectivity index (χ0v) is 13.6. The van der Waals surface area contributed by atoms with Gasteiger partial charge in [-0.05, 0) is 41.5 Å². The van der Waals surface area contributed by atoms with E-state index < -0.39 is 5.97 Å². The summed E-state index contributed by atoms with van der Waals surface area (Å²) in [6.07, 6.45) is 0. The maximum Gasteiger partial charge on any atom is 0.335 e. The fourth-order valence-corrected chi connectivity index (χ4v) is 3.24. The van der Waals surface area contributed by atoms with E-state index in [4.69, 9.17) is 0 Å². The summed E-state index contributed by atoms with van der Waals surface area (Å²) in [6.45, 7) is 1.41. The van der Waals surface area contributed by atoms with Gasteiger partial charge in [0.25, 0.3) is 0 Å². The maximum atomic E-state index is 11.2. The van der Waals surface area contributed by atoms with Gasteiger partial charge in [-0.25, -0.2) is 4.79 Å². The van der Waals surface area contributed by atoms with Gasteiger partial charge in [-0.3, -0.25) is 0 Å². The number of carbonyl (C=O) groups is 1. The van der Waals surface area contributed by atoms with Gasteiger partial charge in [0.05, 0.1) is 16.9 Å². The number of carboxylic acids is 1. The molecule has 0 saturated carbocycles. The lowest BCUT2D eigenvalue weighted by Gasteiger charge is -2.25. The molecule has 2 N–H and O–H groups in total. The number of benzene rings is 3. The van der Waals surface area contributed by atoms with Crippen molar-refractivity contribution < 1.29 is 9.90 Å². The molecule has 0 spiro atoms. The smallest absolute Gasteiger partial charge is 0.335 e. The number of para-hydroxylation sites is 3. The molecule has 0 atom stereocenters. The second-order valence-electron chi connectivity index (χ2n) is 6.16. The standard InChI is InChI=1S/C21H18N2O2/c24-21(25)16-8-5-6-15(12-16)13-23-14-17-7-1-2-9-18(17)22-19-10-3-4-11-20(19)23/h1-12,22H,13-14H2,(H,24,25). The normalized spacial score (nSPS) is 12.6. The van der Waals surface area contributed by atoms with E-state index in [1.165, 1.54) is 5.56 Å². The summed E-state index contributed by atoms with van der Waals surface area (Å²) in [4.78, 5) is 13.5. The first-order chi connectivity index (χ1) is 12.2. The van der Waals surface area contributed by atoms with Crippen LogP contribution in [-0.2, 0) is 13.1 Å². The molecule has 3 aromatic carbocycles. The molecule has 0 fully saturated rings. The lowest BCUT2D eigenvalue weighted by molar-refractivity contribution is 0.0696. The van der Waals surface area contributed by atoms with Crippen LogP contribution in [0.1, 0.15) is 21.5 Å². The number of rotatable bonds is 3. The highest BCUT2D eigenvalue weighted by atomic mass is 16.4. The van der Waals surface area contributed by atoms with Crippen LogP contribution >= 0.6 is 0 Å². The predicted octanol–water partition coefficient (Wildman–Crippen LogP) is 4.65. The van der Waals surface area contributed by atoms with E-state index >= 15 is 0 Å². The summed E-state index contributed by atoms with van der Waals surface area (Å²) in [5, 5.41) is 12.7. The summed E-state index contributed by atoms with van der Waals surface area (Å²) < 4.78 is 0. The molecule has 1 aliphatic heterocycles. The van der Waals surface area contributed by atoms with Crippen LogP contribution in [0.4, 0.5) is 17.1 Å². The molecule has 0 bridgehead atoms. The Hall–Kier alpha value is -3.27. The van der Waals surface area contributed by atoms with E-state index in [2.05, 4.69) is 34.5 Å². The van der Waals surface area contributed by atoms with Gasteiger partial charge >= 0.3 is 5.97 Å². The van der Waals surface area contributed by atoms with Crippen LogP contribution in [0.2, 0.25) is 0 Å². The molecule has 3 aromatic rings. The zero-order chi connectivity index (χ0) is 17.2. The molecule has 25 heavy (non-hydrogen) atoms. The number of fused-ring (bicyclic) bond motifs is 2. The van der Waals surface area contributed by atoms with Crippen molar-refractivity contribution in [1.82, 2.24) is 0 Å². The lowest BCUT2D eigenvalue weighted by atomic mass is 10.1. The van der Waals surface area contributed by atoms with Crippen molar-refractivity contribution in [3.63, 3.8) is 0 Å². The SMILES string of the molecule is O=C(O)c1cccc(CN2Cc3ccccc3Nc3ccccc32)c1. The third-order valence-corrected chi connectivity index (χ3v) is 4.44. The van der Waals surface area contributed by atoms with Gasteiger partial charge in [-0.2, -0.15) is 0 Å². The number of hydrogen-bond acceptors (Lipinski definition) is 3. The molecule has 4 nitrogen and oxygen atoms in total. The zero-order valence-electron chi connectivity index (χ0n) is 13.6. The minimum absolute atomic E-state index is 0.319. The highest BCUT2D eigenvalue weighted by Crippen LogP contribution is 2.36. The van der Waals surface area contributed by atoms with E-state index in [-0.39, 0.29) is 0 Å². The Bertz CT molecular complexity index is 936. The van der Waals surface area contributed by atoms with Gasteiger partial charge in [0, 0.05) is 18.8 Å². The molecule has 0 saturated heterocycles. The molecule has 4 heteroatoms. The summed E-state index contributed by atoms with van der Waals surface area (Å²) >= 11 is 0. The highest BCUT2D eigenvalue weighted by Gasteiger charge is 2.18. The summed E-state index contributed by atoms with van der Waals surface area (Å²) in [5.41, 5.74) is 5.79. The van der Waals surface area contributed by atoms with Crippen LogP contribution in [0.15, 0.2) is 72.8 Å². The fourth-order valence-electron chi connectivity index (χ4n) is 3.24. The first kappa shape index (κ1) is 15.3. The van der Waals surface area contributed by atoms with E-state index in [1.807, 2.05) is 30.3 Å². The minimum Gasteiger partial charge on any atom is -0.478 e. The van der Waals surface area contributed by atoms with Gasteiger partial charge in [0.1, 0.15) is 0 Å². The summed E-state index contributed by atoms with van der Waals surface area (Å²) in [7, 11) is 0. The Balaban J connectivity index is 1.73. The van der Waals surface area contributed by atoms with E-state index in [9.17, 15) is 9.90 Å². The Labute approximate surface area is 146 Å². The van der Waals surface area contributed by atoms with Crippen molar-refractivity contribution in [2.24, 2.45) is 0 Å². The Morgan fingerprint density at radius 1 is 0.960 bits per heavy atom. The van der Waals surface area contributed by atoms with Crippen molar-refractivity contribution in [2.45, 2.75) is 13.1 Å². The van der Waals surface area contributed by atoms with Gasteiger partial charge in [0.15, 0.2) is 0 Å². The first-order valence-corrected chi connectivity index (χ1v) is 8.22. The van der Waals surface area contributed by atoms with E-state index in [1.54, 1.807) is 18.2 Å². The monoisotopic (exact) mass is 330 g/mol. The van der Waals surface area contributed by atoms with Gasteiger partial charge in [-0.1, -0.05) is 42.5 Å². The third kappa shape index (κ3) is 3.06. The van der Waals surface area contributed by atoms with Crippen LogP contribution in [0.3, 0.4) is 0 Å². The van der Waals surface area contributed by atoms with Crippen molar-refractivity contribution >= 4 is 23.0 Å². The summed E-state index contributed by atoms with van der Waals surface area (Å²) in [5.74, 6) is -0.898. The number of hydrogen-bond donors (Lipinski definition) is 2. The number of anilines is 3. The second-order valence-corrected chi connectivity index (χ2v) is 6.16. The molecule has 0 aliphatic carbocycles. The van der Waals surface area contributed by atoms with Crippen molar-refractivity contribution in [3.8, 4) is 0 Å². The molecule has 124 valence electrons. The molecule has 0 amide bonds. The third-order valence-electron chi connectivity index (χ3n) is 4.44. The van der Waals surface area contributed by atoms with Crippen molar-refractivity contribution in [2.75, 3.05) is 10.2 Å². The van der Waals surface area contributed by atoms with Crippen molar-refractivity contribution in [3.05, 3.63) is 89.5 Å². The average molecular weight is 330 g/mol. The Morgan fingerprint density at radius 2 is 1.72 bits per heavy atom. The molecule has 1 aliphatic rings. The largest absolute Gasteiger partial charge is 0.478 e. The maximum absolute atomic E-state index is 11.2. The van der Waals surface area contributed by atoms with Crippen molar-refractivity contribution in [1.29, 1.82) is 0 Å². The minimum atomic E-state index is -0.898. The second kappa shape index (κ2) is 6.32. The number of nitrogens with zero attached hydrogens (tertiary/aromatic N) is 1. The van der Waals surface area contributed by atoms with Crippen LogP contribution < -0.4 is 10.2 Å². The average Bonchev–Trinajstić information content (AvgIpc) is 2.78. The van der Waals surface area contributed by atoms with Crippen LogP contribution in [-0.4, -0.2) is 11.1 Å². The number of carboxylic acid groups (broad SMARTS) is 1. The van der Waals surface area contributed by atoms with Gasteiger partial charge in [-0.15, -0.1) is 0 Å². The molecule has 4 rings (SSSR count). The molecule has 0 radical (unpaired) electrons.